The molecule has 68 heavy (non-hydrogen) atoms. The molecule has 4 aromatic heterocycles. The Labute approximate surface area is 432 Å². The van der Waals surface area contributed by atoms with Crippen molar-refractivity contribution in [2.75, 3.05) is 0 Å². The van der Waals surface area contributed by atoms with E-state index in [1.54, 1.807) is 91.0 Å². The van der Waals surface area contributed by atoms with E-state index >= 15 is 0 Å². The number of hydrogen-bond donors (Lipinski definition) is 0. The first kappa shape index (κ1) is 49.1. The van der Waals surface area contributed by atoms with Crippen LogP contribution in [-0.2, 0) is 0 Å². The lowest BCUT2D eigenvalue weighted by molar-refractivity contribution is 0.685. The summed E-state index contributed by atoms with van der Waals surface area (Å²) in [4.78, 5) is 6.26. The van der Waals surface area contributed by atoms with Crippen molar-refractivity contribution in [3.05, 3.63) is 139 Å². The van der Waals surface area contributed by atoms with Crippen LogP contribution in [0.2, 0.25) is 91.7 Å². The van der Waals surface area contributed by atoms with Crippen molar-refractivity contribution in [3.8, 4) is 11.1 Å². The van der Waals surface area contributed by atoms with E-state index in [1.165, 1.54) is 62.5 Å². The molecular formula is C58H74S4Si6. The van der Waals surface area contributed by atoms with E-state index in [1.807, 2.05) is 0 Å². The first-order chi connectivity index (χ1) is 32.0. The smallest absolute Gasteiger partial charge is 0.146 e. The minimum absolute atomic E-state index is 1.23. The summed E-state index contributed by atoms with van der Waals surface area (Å²) in [5, 5.41) is 10.1. The molecule has 2 saturated carbocycles. The fraction of sp³-hybridized carbons (Fsp3) is 0.379. The minimum Gasteiger partial charge on any atom is -0.146 e. The molecule has 6 heterocycles. The number of fused-ring (bicyclic) bond motifs is 2. The molecule has 0 unspecified atom stereocenters. The zero-order chi connectivity index (χ0) is 48.3. The first-order valence-electron chi connectivity index (χ1n) is 25.6. The molecule has 10 heteroatoms. The van der Waals surface area contributed by atoms with Crippen LogP contribution >= 0.6 is 45.3 Å². The van der Waals surface area contributed by atoms with Gasteiger partial charge < -0.3 is 0 Å². The van der Waals surface area contributed by atoms with Crippen molar-refractivity contribution in [3.63, 3.8) is 0 Å². The van der Waals surface area contributed by atoms with Crippen molar-refractivity contribution in [2.24, 2.45) is 0 Å². The monoisotopic (exact) mass is 1070 g/mol. The molecule has 0 radical (unpaired) electrons. The predicted octanol–water partition coefficient (Wildman–Crippen LogP) is 15.5. The summed E-state index contributed by atoms with van der Waals surface area (Å²) in [6.07, 6.45) is 10.1. The van der Waals surface area contributed by atoms with Crippen LogP contribution < -0.4 is 28.4 Å². The van der Waals surface area contributed by atoms with E-state index in [2.05, 4.69) is 234 Å². The van der Waals surface area contributed by atoms with Gasteiger partial charge in [-0.1, -0.05) is 164 Å². The Morgan fingerprint density at radius 3 is 0.721 bits per heavy atom. The van der Waals surface area contributed by atoms with Crippen molar-refractivity contribution in [1.29, 1.82) is 0 Å². The molecule has 2 aliphatic heterocycles. The Bertz CT molecular complexity index is 2690. The van der Waals surface area contributed by atoms with Crippen LogP contribution in [0.15, 0.2) is 119 Å². The van der Waals surface area contributed by atoms with Crippen LogP contribution in [0.1, 0.15) is 70.9 Å². The van der Waals surface area contributed by atoms with Crippen molar-refractivity contribution in [1.82, 2.24) is 0 Å². The van der Waals surface area contributed by atoms with Gasteiger partial charge in [-0.25, -0.2) is 0 Å². The fourth-order valence-corrected chi connectivity index (χ4v) is 35.7. The summed E-state index contributed by atoms with van der Waals surface area (Å²) in [7, 11) is -10.6. The van der Waals surface area contributed by atoms with Gasteiger partial charge >= 0.3 is 0 Å². The summed E-state index contributed by atoms with van der Waals surface area (Å²) < 4.78 is 6.54. The molecular weight excluding hydrogens is 993 g/mol. The van der Waals surface area contributed by atoms with E-state index in [4.69, 9.17) is 0 Å². The Kier molecular flexibility index (Phi) is 12.7. The minimum atomic E-state index is -2.39. The third-order valence-corrected chi connectivity index (χ3v) is 44.6. The van der Waals surface area contributed by atoms with E-state index in [9.17, 15) is 0 Å². The van der Waals surface area contributed by atoms with E-state index in [-0.39, 0.29) is 0 Å². The predicted molar refractivity (Wildman–Crippen MR) is 328 cm³/mol. The number of benzene rings is 2. The van der Waals surface area contributed by atoms with Crippen molar-refractivity contribution >= 4 is 143 Å². The molecule has 2 aliphatic carbocycles. The second-order valence-electron chi connectivity index (χ2n) is 24.9. The van der Waals surface area contributed by atoms with E-state index in [0.29, 0.717) is 0 Å². The van der Waals surface area contributed by atoms with E-state index < -0.39 is 48.4 Å². The highest BCUT2D eigenvalue weighted by Gasteiger charge is 2.51. The molecule has 0 bridgehead atoms. The fourth-order valence-electron chi connectivity index (χ4n) is 12.0. The normalized spacial score (nSPS) is 18.9. The maximum absolute atomic E-state index is 2.74. The molecule has 0 amide bonds. The maximum Gasteiger partial charge on any atom is 0.149 e. The number of hydrogen-bond acceptors (Lipinski definition) is 4. The molecule has 2 fully saturated rings. The van der Waals surface area contributed by atoms with Gasteiger partial charge in [-0.05, 0) is 158 Å². The van der Waals surface area contributed by atoms with Gasteiger partial charge in [0, 0.05) is 19.5 Å². The molecule has 0 spiro atoms. The van der Waals surface area contributed by atoms with Gasteiger partial charge in [0.05, 0.1) is 32.3 Å². The Balaban J connectivity index is 1.07. The van der Waals surface area contributed by atoms with E-state index in [0.717, 1.165) is 0 Å². The Morgan fingerprint density at radius 2 is 0.529 bits per heavy atom. The van der Waals surface area contributed by atoms with Crippen LogP contribution in [0.3, 0.4) is 0 Å². The molecule has 6 aromatic rings. The van der Waals surface area contributed by atoms with Crippen LogP contribution in [0.4, 0.5) is 0 Å². The summed E-state index contributed by atoms with van der Waals surface area (Å²) >= 11 is 8.56. The Morgan fingerprint density at radius 1 is 0.309 bits per heavy atom. The van der Waals surface area contributed by atoms with Crippen molar-refractivity contribution in [2.45, 2.75) is 143 Å². The highest BCUT2D eigenvalue weighted by molar-refractivity contribution is 7.34. The largest absolute Gasteiger partial charge is 0.149 e. The van der Waals surface area contributed by atoms with Gasteiger partial charge in [-0.15, -0.1) is 45.3 Å². The first-order valence-corrected chi connectivity index (χ1v) is 47.8. The summed E-state index contributed by atoms with van der Waals surface area (Å²) in [5.41, 5.74) is 9.56. The molecule has 4 aliphatic rings. The maximum atomic E-state index is 2.74. The SMILES string of the molecule is C[Si](C)(C)c1ccc(C2=C3CCCCC3=C(c3ccc([Si](C)(C)C)s3)[Si]2(C)c2ccc(-c3ccc([Si]4(C)C(c5ccc([Si](C)(C)C)s5)=C5CCCCC5=C4c4ccc([Si](C)(C)C)s4)cc3)cc2)s1. The lowest BCUT2D eigenvalue weighted by Crippen LogP contribution is -2.46. The summed E-state index contributed by atoms with van der Waals surface area (Å²) in [6, 6.07) is 40.5. The van der Waals surface area contributed by atoms with Gasteiger partial charge in [-0.3, -0.25) is 0 Å². The number of allylic oxidation sites excluding steroid dienone is 4. The molecule has 0 saturated heterocycles. The second-order valence-corrected chi connectivity index (χ2v) is 58.5. The average Bonchev–Trinajstić information content (AvgIpc) is 4.14. The highest BCUT2D eigenvalue weighted by Crippen LogP contribution is 2.56. The lowest BCUT2D eigenvalue weighted by Gasteiger charge is -2.31. The van der Waals surface area contributed by atoms with Crippen LogP contribution in [0.5, 0.6) is 0 Å². The molecule has 0 nitrogen and oxygen atoms in total. The third kappa shape index (κ3) is 8.43. The molecule has 0 N–H and O–H groups in total. The average molecular weight is 1070 g/mol. The summed E-state index contributed by atoms with van der Waals surface area (Å²) in [6.45, 7) is 35.7. The van der Waals surface area contributed by atoms with Gasteiger partial charge in [0.15, 0.2) is 0 Å². The van der Waals surface area contributed by atoms with Gasteiger partial charge in [0.25, 0.3) is 0 Å². The molecule has 354 valence electrons. The standard InChI is InChI=1S/C58H74S4Si6/c1-63(2,3)51-35-31-47(59-51)55-43-19-15-16-20-44(43)56(48-32-36-52(60-48)64(4,5)6)67(55,13)41-27-23-39(24-28-41)40-25-29-42(30-26-40)68(14)57(49-33-37-53(61-49)65(7,8)9)45-21-17-18-22-46(45)58(68)50-34-38-54(62-50)66(10,11)12/h23-38H,15-22H2,1-14H3. The Hall–Kier alpha value is -2.50. The lowest BCUT2D eigenvalue weighted by atomic mass is 9.88. The van der Waals surface area contributed by atoms with Crippen LogP contribution in [0, 0.1) is 0 Å². The molecule has 2 aromatic carbocycles. The van der Waals surface area contributed by atoms with Gasteiger partial charge in [0.1, 0.15) is 16.1 Å². The third-order valence-electron chi connectivity index (χ3n) is 15.8. The second kappa shape index (κ2) is 17.6. The number of thiophene rings is 4. The van der Waals surface area contributed by atoms with Gasteiger partial charge in [0.2, 0.25) is 0 Å². The zero-order valence-corrected chi connectivity index (χ0v) is 52.8. The topological polar surface area (TPSA) is 0 Å². The van der Waals surface area contributed by atoms with Crippen molar-refractivity contribution < 1.29 is 0 Å². The van der Waals surface area contributed by atoms with Crippen LogP contribution in [-0.4, -0.2) is 48.4 Å². The quantitative estimate of drug-likeness (QED) is 0.113. The molecule has 0 atom stereocenters. The highest BCUT2D eigenvalue weighted by atomic mass is 32.1. The van der Waals surface area contributed by atoms with Gasteiger partial charge in [-0.2, -0.15) is 0 Å². The van der Waals surface area contributed by atoms with Crippen LogP contribution in [0.25, 0.3) is 31.9 Å². The summed E-state index contributed by atoms with van der Waals surface area (Å²) in [5.74, 6) is 0. The zero-order valence-electron chi connectivity index (χ0n) is 43.5. The molecule has 10 rings (SSSR count). The number of rotatable bonds is 11.